The van der Waals surface area contributed by atoms with E-state index in [0.717, 1.165) is 11.1 Å². The fraction of sp³-hybridized carbons (Fsp3) is 0.167. The van der Waals surface area contributed by atoms with Gasteiger partial charge in [-0.2, -0.15) is 0 Å². The van der Waals surface area contributed by atoms with Crippen LogP contribution in [0.5, 0.6) is 0 Å². The van der Waals surface area contributed by atoms with Crippen LogP contribution in [0.1, 0.15) is 16.8 Å². The summed E-state index contributed by atoms with van der Waals surface area (Å²) in [4.78, 5) is 24.9. The van der Waals surface area contributed by atoms with Crippen molar-refractivity contribution in [1.29, 1.82) is 0 Å². The quantitative estimate of drug-likeness (QED) is 0.578. The van der Waals surface area contributed by atoms with Gasteiger partial charge in [-0.05, 0) is 36.2 Å². The third-order valence-electron chi connectivity index (χ3n) is 5.09. The molecule has 3 aromatic carbocycles. The van der Waals surface area contributed by atoms with Crippen LogP contribution in [0.4, 0.5) is 11.4 Å². The van der Waals surface area contributed by atoms with Gasteiger partial charge in [0.1, 0.15) is 0 Å². The van der Waals surface area contributed by atoms with E-state index in [0.29, 0.717) is 24.3 Å². The van der Waals surface area contributed by atoms with Crippen molar-refractivity contribution in [2.24, 2.45) is 0 Å². The molecule has 0 saturated carbocycles. The van der Waals surface area contributed by atoms with E-state index in [2.05, 4.69) is 5.32 Å². The number of hydrogen-bond donors (Lipinski definition) is 1. The van der Waals surface area contributed by atoms with E-state index < -0.39 is 28.5 Å². The molecule has 0 unspecified atom stereocenters. The molecule has 1 saturated heterocycles. The second-order valence-electron chi connectivity index (χ2n) is 7.33. The van der Waals surface area contributed by atoms with Crippen molar-refractivity contribution in [3.63, 3.8) is 0 Å². The zero-order valence-corrected chi connectivity index (χ0v) is 18.0. The summed E-state index contributed by atoms with van der Waals surface area (Å²) in [6.45, 7) is -0.0851. The molecule has 1 aliphatic rings. The summed E-state index contributed by atoms with van der Waals surface area (Å²) in [6.07, 6.45) is 0.543. The lowest BCUT2D eigenvalue weighted by Crippen LogP contribution is -2.25. The van der Waals surface area contributed by atoms with Crippen LogP contribution in [-0.4, -0.2) is 39.2 Å². The van der Waals surface area contributed by atoms with Crippen molar-refractivity contribution in [2.45, 2.75) is 6.42 Å². The average Bonchev–Trinajstić information content (AvgIpc) is 3.17. The van der Waals surface area contributed by atoms with Crippen LogP contribution < -0.4 is 9.62 Å². The normalized spacial score (nSPS) is 14.7. The summed E-state index contributed by atoms with van der Waals surface area (Å²) in [7, 11) is -3.35. The maximum Gasteiger partial charge on any atom is 0.338 e. The predicted octanol–water partition coefficient (Wildman–Crippen LogP) is 3.69. The van der Waals surface area contributed by atoms with Gasteiger partial charge in [0.05, 0.1) is 17.0 Å². The number of hydrogen-bond acceptors (Lipinski definition) is 5. The molecule has 0 spiro atoms. The number of esters is 1. The van der Waals surface area contributed by atoms with Crippen LogP contribution >= 0.6 is 0 Å². The number of benzene rings is 3. The second kappa shape index (κ2) is 9.23. The molecule has 8 heteroatoms. The van der Waals surface area contributed by atoms with Gasteiger partial charge >= 0.3 is 5.97 Å². The lowest BCUT2D eigenvalue weighted by Gasteiger charge is -2.17. The highest BCUT2D eigenvalue weighted by Crippen LogP contribution is 2.28. The number of nitrogens with zero attached hydrogens (tertiary/aromatic N) is 1. The van der Waals surface area contributed by atoms with E-state index in [1.165, 1.54) is 16.4 Å². The fourth-order valence-electron chi connectivity index (χ4n) is 3.58. The van der Waals surface area contributed by atoms with Crippen molar-refractivity contribution < 1.29 is 22.7 Å². The molecule has 164 valence electrons. The van der Waals surface area contributed by atoms with Gasteiger partial charge in [-0.15, -0.1) is 0 Å². The molecule has 1 fully saturated rings. The lowest BCUT2D eigenvalue weighted by atomic mass is 10.0. The predicted molar refractivity (Wildman–Crippen MR) is 123 cm³/mol. The number of carbonyl (C=O) groups is 2. The van der Waals surface area contributed by atoms with E-state index in [9.17, 15) is 18.0 Å². The van der Waals surface area contributed by atoms with Crippen LogP contribution in [0, 0.1) is 0 Å². The van der Waals surface area contributed by atoms with Gasteiger partial charge in [-0.1, -0.05) is 54.6 Å². The molecule has 0 radical (unpaired) electrons. The van der Waals surface area contributed by atoms with Crippen molar-refractivity contribution in [2.75, 3.05) is 28.5 Å². The molecule has 32 heavy (non-hydrogen) atoms. The number of ether oxygens (including phenoxy) is 1. The van der Waals surface area contributed by atoms with Crippen molar-refractivity contribution in [1.82, 2.24) is 0 Å². The van der Waals surface area contributed by atoms with Gasteiger partial charge in [-0.3, -0.25) is 9.10 Å². The largest absolute Gasteiger partial charge is 0.452 e. The molecule has 0 bridgehead atoms. The third-order valence-corrected chi connectivity index (χ3v) is 6.96. The molecule has 1 amide bonds. The first-order valence-electron chi connectivity index (χ1n) is 10.2. The number of nitrogens with one attached hydrogen (secondary N) is 1. The monoisotopic (exact) mass is 450 g/mol. The minimum atomic E-state index is -3.35. The van der Waals surface area contributed by atoms with Crippen LogP contribution in [-0.2, 0) is 19.6 Å². The summed E-state index contributed by atoms with van der Waals surface area (Å²) in [5.74, 6) is -1.08. The molecule has 0 aromatic heterocycles. The number of carbonyl (C=O) groups excluding carboxylic acids is 2. The summed E-state index contributed by atoms with van der Waals surface area (Å²) in [6, 6.07) is 23.2. The number of rotatable bonds is 6. The van der Waals surface area contributed by atoms with Crippen molar-refractivity contribution >= 4 is 33.3 Å². The molecular weight excluding hydrogens is 428 g/mol. The summed E-state index contributed by atoms with van der Waals surface area (Å²) in [5.41, 5.74) is 3.02. The molecular formula is C24H22N2O5S. The summed E-state index contributed by atoms with van der Waals surface area (Å²) < 4.78 is 30.7. The SMILES string of the molecule is O=C(COC(=O)c1cccc(N2CCCS2(=O)=O)c1)Nc1ccccc1-c1ccccc1. The Bertz CT molecular complexity index is 1240. The van der Waals surface area contributed by atoms with E-state index in [4.69, 9.17) is 4.74 Å². The smallest absolute Gasteiger partial charge is 0.338 e. The Balaban J connectivity index is 1.40. The van der Waals surface area contributed by atoms with Crippen LogP contribution in [0.3, 0.4) is 0 Å². The number of sulfonamides is 1. The molecule has 0 atom stereocenters. The highest BCUT2D eigenvalue weighted by Gasteiger charge is 2.28. The summed E-state index contributed by atoms with van der Waals surface area (Å²) in [5, 5.41) is 2.78. The topological polar surface area (TPSA) is 92.8 Å². The first-order chi connectivity index (χ1) is 15.4. The van der Waals surface area contributed by atoms with Crippen LogP contribution in [0.2, 0.25) is 0 Å². The first kappa shape index (κ1) is 21.6. The Kier molecular flexibility index (Phi) is 6.23. The highest BCUT2D eigenvalue weighted by atomic mass is 32.2. The molecule has 3 aromatic rings. The molecule has 1 heterocycles. The average molecular weight is 451 g/mol. The van der Waals surface area contributed by atoms with Gasteiger partial charge in [-0.25, -0.2) is 13.2 Å². The van der Waals surface area contributed by atoms with Gasteiger partial charge in [0.25, 0.3) is 5.91 Å². The van der Waals surface area contributed by atoms with Crippen LogP contribution in [0.25, 0.3) is 11.1 Å². The third kappa shape index (κ3) is 4.81. The Morgan fingerprint density at radius 1 is 0.938 bits per heavy atom. The van der Waals surface area contributed by atoms with E-state index in [-0.39, 0.29) is 11.3 Å². The standard InChI is InChI=1S/C24H22N2O5S/c27-23(25-22-13-5-4-12-21(22)18-8-2-1-3-9-18)17-31-24(28)19-10-6-11-20(16-19)26-14-7-15-32(26,29)30/h1-6,8-13,16H,7,14-15,17H2,(H,25,27). The Hall–Kier alpha value is -3.65. The number of anilines is 2. The van der Waals surface area contributed by atoms with Crippen LogP contribution in [0.15, 0.2) is 78.9 Å². The highest BCUT2D eigenvalue weighted by molar-refractivity contribution is 7.93. The zero-order chi connectivity index (χ0) is 22.6. The maximum atomic E-state index is 12.4. The molecule has 7 nitrogen and oxygen atoms in total. The number of para-hydroxylation sites is 1. The summed E-state index contributed by atoms with van der Waals surface area (Å²) >= 11 is 0. The Morgan fingerprint density at radius 2 is 1.69 bits per heavy atom. The fourth-order valence-corrected chi connectivity index (χ4v) is 5.14. The molecule has 0 aliphatic carbocycles. The van der Waals surface area contributed by atoms with E-state index >= 15 is 0 Å². The van der Waals surface area contributed by atoms with Gasteiger partial charge in [0.15, 0.2) is 6.61 Å². The van der Waals surface area contributed by atoms with Crippen molar-refractivity contribution in [3.05, 3.63) is 84.4 Å². The zero-order valence-electron chi connectivity index (χ0n) is 17.2. The van der Waals surface area contributed by atoms with E-state index in [1.54, 1.807) is 18.2 Å². The minimum Gasteiger partial charge on any atom is -0.452 e. The first-order valence-corrected chi connectivity index (χ1v) is 11.8. The Morgan fingerprint density at radius 3 is 2.44 bits per heavy atom. The number of amides is 1. The van der Waals surface area contributed by atoms with E-state index in [1.807, 2.05) is 48.5 Å². The van der Waals surface area contributed by atoms with Gasteiger partial charge in [0.2, 0.25) is 10.0 Å². The van der Waals surface area contributed by atoms with Gasteiger partial charge in [0, 0.05) is 17.8 Å². The second-order valence-corrected chi connectivity index (χ2v) is 9.34. The maximum absolute atomic E-state index is 12.4. The molecule has 1 N–H and O–H groups in total. The molecule has 1 aliphatic heterocycles. The van der Waals surface area contributed by atoms with Crippen molar-refractivity contribution in [3.8, 4) is 11.1 Å². The van der Waals surface area contributed by atoms with Gasteiger partial charge < -0.3 is 10.1 Å². The molecule has 4 rings (SSSR count). The minimum absolute atomic E-state index is 0.0896. The lowest BCUT2D eigenvalue weighted by molar-refractivity contribution is -0.119. The Labute approximate surface area is 186 Å².